The first-order chi connectivity index (χ1) is 9.15. The number of aromatic nitrogens is 4. The first-order valence-corrected chi connectivity index (χ1v) is 7.39. The maximum atomic E-state index is 5.36. The van der Waals surface area contributed by atoms with E-state index in [2.05, 4.69) is 44.2 Å². The highest BCUT2D eigenvalue weighted by Gasteiger charge is 2.19. The van der Waals surface area contributed by atoms with E-state index in [-0.39, 0.29) is 5.92 Å². The zero-order valence-corrected chi connectivity index (χ0v) is 12.8. The molecule has 0 saturated heterocycles. The largest absolute Gasteiger partial charge is 0.338 e. The lowest BCUT2D eigenvalue weighted by atomic mass is 10.1. The minimum absolute atomic E-state index is 0.109. The summed E-state index contributed by atoms with van der Waals surface area (Å²) in [5.74, 6) is 1.28. The second-order valence-corrected chi connectivity index (χ2v) is 5.96. The van der Waals surface area contributed by atoms with Crippen molar-refractivity contribution in [2.45, 2.75) is 12.8 Å². The predicted molar refractivity (Wildman–Crippen MR) is 76.0 cm³/mol. The summed E-state index contributed by atoms with van der Waals surface area (Å²) in [7, 11) is 1.85. The Hall–Kier alpha value is -1.47. The highest BCUT2D eigenvalue weighted by Crippen LogP contribution is 2.28. The van der Waals surface area contributed by atoms with Crippen molar-refractivity contribution in [1.82, 2.24) is 19.9 Å². The molecule has 0 radical (unpaired) electrons. The lowest BCUT2D eigenvalue weighted by Crippen LogP contribution is -1.96. The fraction of sp³-hybridized carbons (Fsp3) is 0.250. The number of thiophene rings is 1. The smallest absolute Gasteiger partial charge is 0.235 e. The SMILES string of the molecule is CC(c1nc(-c2cc(Br)nn2C)no1)c1cccs1. The molecule has 3 aromatic heterocycles. The topological polar surface area (TPSA) is 56.7 Å². The van der Waals surface area contributed by atoms with Crippen LogP contribution in [0.25, 0.3) is 11.5 Å². The Morgan fingerprint density at radius 2 is 2.32 bits per heavy atom. The Labute approximate surface area is 122 Å². The van der Waals surface area contributed by atoms with Crippen LogP contribution < -0.4 is 0 Å². The minimum Gasteiger partial charge on any atom is -0.338 e. The van der Waals surface area contributed by atoms with E-state index < -0.39 is 0 Å². The minimum atomic E-state index is 0.109. The summed E-state index contributed by atoms with van der Waals surface area (Å²) >= 11 is 5.02. The van der Waals surface area contributed by atoms with Gasteiger partial charge in [0.1, 0.15) is 10.3 Å². The molecule has 0 aromatic carbocycles. The van der Waals surface area contributed by atoms with Crippen LogP contribution in [-0.2, 0) is 7.05 Å². The molecule has 98 valence electrons. The molecule has 0 aliphatic carbocycles. The molecule has 19 heavy (non-hydrogen) atoms. The third-order valence-electron chi connectivity index (χ3n) is 2.86. The normalized spacial score (nSPS) is 12.8. The number of rotatable bonds is 3. The Morgan fingerprint density at radius 1 is 1.47 bits per heavy atom. The van der Waals surface area contributed by atoms with Crippen LogP contribution in [-0.4, -0.2) is 19.9 Å². The van der Waals surface area contributed by atoms with Crippen molar-refractivity contribution < 1.29 is 4.52 Å². The van der Waals surface area contributed by atoms with Crippen LogP contribution in [0.3, 0.4) is 0 Å². The van der Waals surface area contributed by atoms with E-state index in [4.69, 9.17) is 4.52 Å². The standard InChI is InChI=1S/C12H11BrN4OS/c1-7(9-4-3-5-19-9)12-14-11(16-18-12)8-6-10(13)15-17(8)2/h3-7H,1-2H3. The summed E-state index contributed by atoms with van der Waals surface area (Å²) in [6.07, 6.45) is 0. The lowest BCUT2D eigenvalue weighted by Gasteiger charge is -2.01. The van der Waals surface area contributed by atoms with Crippen molar-refractivity contribution in [3.63, 3.8) is 0 Å². The maximum Gasteiger partial charge on any atom is 0.235 e. The van der Waals surface area contributed by atoms with Crippen molar-refractivity contribution in [2.24, 2.45) is 7.05 Å². The molecule has 0 aliphatic heterocycles. The molecule has 3 heterocycles. The van der Waals surface area contributed by atoms with Gasteiger partial charge in [0, 0.05) is 18.0 Å². The second-order valence-electron chi connectivity index (χ2n) is 4.17. The molecular formula is C12H11BrN4OS. The number of hydrogen-bond donors (Lipinski definition) is 0. The summed E-state index contributed by atoms with van der Waals surface area (Å²) in [6, 6.07) is 5.95. The maximum absolute atomic E-state index is 5.36. The van der Waals surface area contributed by atoms with E-state index in [0.29, 0.717) is 11.7 Å². The van der Waals surface area contributed by atoms with Gasteiger partial charge in [-0.05, 0) is 34.3 Å². The van der Waals surface area contributed by atoms with E-state index in [1.54, 1.807) is 16.0 Å². The highest BCUT2D eigenvalue weighted by atomic mass is 79.9. The number of aryl methyl sites for hydroxylation is 1. The van der Waals surface area contributed by atoms with Gasteiger partial charge in [0.15, 0.2) is 0 Å². The molecule has 1 unspecified atom stereocenters. The first-order valence-electron chi connectivity index (χ1n) is 5.72. The molecular weight excluding hydrogens is 328 g/mol. The number of hydrogen-bond acceptors (Lipinski definition) is 5. The van der Waals surface area contributed by atoms with E-state index in [0.717, 1.165) is 10.3 Å². The Balaban J connectivity index is 1.93. The van der Waals surface area contributed by atoms with Gasteiger partial charge in [-0.3, -0.25) is 4.68 Å². The average Bonchev–Trinajstić information content (AvgIpc) is 3.08. The summed E-state index contributed by atoms with van der Waals surface area (Å²) in [5.41, 5.74) is 0.820. The molecule has 0 amide bonds. The molecule has 0 aliphatic rings. The van der Waals surface area contributed by atoms with Gasteiger partial charge in [-0.2, -0.15) is 10.1 Å². The fourth-order valence-corrected chi connectivity index (χ4v) is 3.05. The molecule has 0 N–H and O–H groups in total. The summed E-state index contributed by atoms with van der Waals surface area (Å²) in [6.45, 7) is 2.06. The Morgan fingerprint density at radius 3 is 2.95 bits per heavy atom. The van der Waals surface area contributed by atoms with Crippen LogP contribution in [0.5, 0.6) is 0 Å². The van der Waals surface area contributed by atoms with Crippen LogP contribution in [0.1, 0.15) is 23.6 Å². The van der Waals surface area contributed by atoms with Crippen molar-refractivity contribution >= 4 is 27.3 Å². The number of halogens is 1. The molecule has 3 rings (SSSR count). The van der Waals surface area contributed by atoms with Gasteiger partial charge >= 0.3 is 0 Å². The Bertz CT molecular complexity index is 688. The summed E-state index contributed by atoms with van der Waals surface area (Å²) in [5, 5.41) is 10.3. The van der Waals surface area contributed by atoms with E-state index in [1.807, 2.05) is 24.6 Å². The molecule has 7 heteroatoms. The molecule has 0 spiro atoms. The van der Waals surface area contributed by atoms with Crippen LogP contribution >= 0.6 is 27.3 Å². The second kappa shape index (κ2) is 4.90. The van der Waals surface area contributed by atoms with Gasteiger partial charge in [-0.25, -0.2) is 0 Å². The quantitative estimate of drug-likeness (QED) is 0.733. The van der Waals surface area contributed by atoms with Crippen LogP contribution in [0.15, 0.2) is 32.7 Å². The van der Waals surface area contributed by atoms with Gasteiger partial charge in [0.05, 0.1) is 5.92 Å². The van der Waals surface area contributed by atoms with Crippen molar-refractivity contribution in [1.29, 1.82) is 0 Å². The van der Waals surface area contributed by atoms with Crippen LogP contribution in [0.4, 0.5) is 0 Å². The molecule has 1 atom stereocenters. The predicted octanol–water partition coefficient (Wildman–Crippen LogP) is 3.45. The van der Waals surface area contributed by atoms with Gasteiger partial charge in [0.2, 0.25) is 11.7 Å². The molecule has 0 saturated carbocycles. The zero-order chi connectivity index (χ0) is 13.4. The van der Waals surface area contributed by atoms with Gasteiger partial charge < -0.3 is 4.52 Å². The monoisotopic (exact) mass is 338 g/mol. The average molecular weight is 339 g/mol. The van der Waals surface area contributed by atoms with Gasteiger partial charge in [-0.1, -0.05) is 11.2 Å². The molecule has 0 fully saturated rings. The van der Waals surface area contributed by atoms with E-state index in [9.17, 15) is 0 Å². The highest BCUT2D eigenvalue weighted by molar-refractivity contribution is 9.10. The summed E-state index contributed by atoms with van der Waals surface area (Å²) in [4.78, 5) is 5.67. The molecule has 0 bridgehead atoms. The molecule has 3 aromatic rings. The van der Waals surface area contributed by atoms with Crippen molar-refractivity contribution in [3.8, 4) is 11.5 Å². The summed E-state index contributed by atoms with van der Waals surface area (Å²) < 4.78 is 7.83. The third kappa shape index (κ3) is 2.35. The van der Waals surface area contributed by atoms with Gasteiger partial charge in [-0.15, -0.1) is 11.3 Å². The van der Waals surface area contributed by atoms with Gasteiger partial charge in [0.25, 0.3) is 0 Å². The van der Waals surface area contributed by atoms with E-state index in [1.165, 1.54) is 4.88 Å². The molecule has 5 nitrogen and oxygen atoms in total. The van der Waals surface area contributed by atoms with Crippen LogP contribution in [0, 0.1) is 0 Å². The first kappa shape index (κ1) is 12.6. The van der Waals surface area contributed by atoms with Crippen molar-refractivity contribution in [3.05, 3.63) is 39.0 Å². The van der Waals surface area contributed by atoms with Crippen molar-refractivity contribution in [2.75, 3.05) is 0 Å². The fourth-order valence-electron chi connectivity index (χ4n) is 1.82. The van der Waals surface area contributed by atoms with E-state index >= 15 is 0 Å². The Kier molecular flexibility index (Phi) is 3.24. The third-order valence-corrected chi connectivity index (χ3v) is 4.30. The lowest BCUT2D eigenvalue weighted by molar-refractivity contribution is 0.371. The number of nitrogens with zero attached hydrogens (tertiary/aromatic N) is 4. The zero-order valence-electron chi connectivity index (χ0n) is 10.4. The van der Waals surface area contributed by atoms with Crippen LogP contribution in [0.2, 0.25) is 0 Å².